The highest BCUT2D eigenvalue weighted by Gasteiger charge is 2.76. The predicted octanol–water partition coefficient (Wildman–Crippen LogP) is 5.89. The van der Waals surface area contributed by atoms with Crippen molar-refractivity contribution in [3.8, 4) is 5.75 Å². The number of rotatable bonds is 8. The number of hydrogen-bond donors (Lipinski definition) is 2. The van der Waals surface area contributed by atoms with Gasteiger partial charge in [-0.25, -0.2) is 9.29 Å². The van der Waals surface area contributed by atoms with Gasteiger partial charge < -0.3 is 10.2 Å². The van der Waals surface area contributed by atoms with Crippen molar-refractivity contribution in [3.63, 3.8) is 0 Å². The van der Waals surface area contributed by atoms with Gasteiger partial charge >= 0.3 is 5.97 Å². The summed E-state index contributed by atoms with van der Waals surface area (Å²) in [5, 5.41) is 21.9. The van der Waals surface area contributed by atoms with Gasteiger partial charge in [0.05, 0.1) is 17.5 Å². The van der Waals surface area contributed by atoms with E-state index in [9.17, 15) is 33.5 Å². The van der Waals surface area contributed by atoms with Gasteiger partial charge in [0.25, 0.3) is 11.8 Å². The highest BCUT2D eigenvalue weighted by atomic mass is 35.5. The van der Waals surface area contributed by atoms with Gasteiger partial charge in [0.15, 0.2) is 9.75 Å². The first-order chi connectivity index (χ1) is 22.9. The number of phenols is 1. The maximum Gasteiger partial charge on any atom is 0.303 e. The third-order valence-corrected chi connectivity index (χ3v) is 11.9. The number of likely N-dealkylation sites (tertiary alicyclic amines) is 1. The molecule has 12 heteroatoms. The summed E-state index contributed by atoms with van der Waals surface area (Å²) in [5.74, 6) is -7.65. The third kappa shape index (κ3) is 4.59. The zero-order valence-corrected chi connectivity index (χ0v) is 27.1. The minimum absolute atomic E-state index is 0.00876. The molecule has 0 bridgehead atoms. The highest BCUT2D eigenvalue weighted by Crippen LogP contribution is 2.66. The number of imide groups is 2. The Bertz CT molecular complexity index is 1930. The number of carboxylic acid groups (broad SMARTS) is 1. The zero-order valence-electron chi connectivity index (χ0n) is 25.6. The molecule has 2 aliphatic carbocycles. The Labute approximate surface area is 284 Å². The summed E-state index contributed by atoms with van der Waals surface area (Å²) in [4.78, 5) is 65.3. The second kappa shape index (κ2) is 11.7. The summed E-state index contributed by atoms with van der Waals surface area (Å²) in [5.41, 5.74) is 0.857. The zero-order chi connectivity index (χ0) is 34.1. The minimum Gasteiger partial charge on any atom is -0.507 e. The number of phenolic OH excluding ortho intramolecular Hbond substituents is 1. The van der Waals surface area contributed by atoms with Gasteiger partial charge in [-0.05, 0) is 61.3 Å². The van der Waals surface area contributed by atoms with Crippen molar-refractivity contribution in [2.24, 2.45) is 17.8 Å². The number of nitrogens with zero attached hydrogens (tertiary/aromatic N) is 2. The Balaban J connectivity index is 1.34. The minimum atomic E-state index is -2.16. The molecule has 6 atom stereocenters. The van der Waals surface area contributed by atoms with Crippen molar-refractivity contribution in [2.75, 3.05) is 11.4 Å². The Morgan fingerprint density at radius 2 is 1.62 bits per heavy atom. The average molecular weight is 694 g/mol. The highest BCUT2D eigenvalue weighted by molar-refractivity contribution is 6.58. The van der Waals surface area contributed by atoms with Crippen LogP contribution in [0.3, 0.4) is 0 Å². The lowest BCUT2D eigenvalue weighted by Gasteiger charge is -2.50. The molecule has 4 aliphatic rings. The lowest BCUT2D eigenvalue weighted by molar-refractivity contribution is -0.141. The molecule has 248 valence electrons. The van der Waals surface area contributed by atoms with Crippen LogP contribution in [0.4, 0.5) is 10.1 Å². The Kier molecular flexibility index (Phi) is 7.87. The smallest absolute Gasteiger partial charge is 0.303 e. The summed E-state index contributed by atoms with van der Waals surface area (Å²) in [6, 6.07) is 15.3. The van der Waals surface area contributed by atoms with Crippen molar-refractivity contribution in [1.82, 2.24) is 4.90 Å². The number of aliphatic carboxylic acids is 1. The number of amides is 4. The summed E-state index contributed by atoms with van der Waals surface area (Å²) >= 11 is 14.8. The molecule has 3 fully saturated rings. The number of carbonyl (C=O) groups is 5. The lowest BCUT2D eigenvalue weighted by atomic mass is 9.56. The number of benzene rings is 3. The summed E-state index contributed by atoms with van der Waals surface area (Å²) in [6.45, 7) is 0.127. The number of hydrogen-bond acceptors (Lipinski definition) is 6. The molecule has 3 aromatic carbocycles. The summed E-state index contributed by atoms with van der Waals surface area (Å²) in [7, 11) is 0. The van der Waals surface area contributed by atoms with Crippen molar-refractivity contribution < 1.29 is 38.6 Å². The van der Waals surface area contributed by atoms with E-state index in [0.717, 1.165) is 22.4 Å². The number of fused-ring (bicyclic) bond motifs is 5. The van der Waals surface area contributed by atoms with Gasteiger partial charge in [-0.3, -0.25) is 28.9 Å². The van der Waals surface area contributed by atoms with Gasteiger partial charge in [-0.1, -0.05) is 54.5 Å². The van der Waals surface area contributed by atoms with Crippen LogP contribution in [-0.2, 0) is 24.0 Å². The van der Waals surface area contributed by atoms with E-state index in [4.69, 9.17) is 28.3 Å². The van der Waals surface area contributed by atoms with Crippen LogP contribution in [0.25, 0.3) is 10.8 Å². The monoisotopic (exact) mass is 692 g/mol. The topological polar surface area (TPSA) is 132 Å². The van der Waals surface area contributed by atoms with Crippen molar-refractivity contribution in [1.29, 1.82) is 0 Å². The molecule has 7 rings (SSSR count). The van der Waals surface area contributed by atoms with E-state index < -0.39 is 62.9 Å². The largest absolute Gasteiger partial charge is 0.507 e. The molecule has 48 heavy (non-hydrogen) atoms. The molecule has 3 aromatic rings. The molecule has 1 saturated carbocycles. The van der Waals surface area contributed by atoms with E-state index in [0.29, 0.717) is 30.2 Å². The number of alkyl halides is 2. The van der Waals surface area contributed by atoms with E-state index >= 15 is 0 Å². The van der Waals surface area contributed by atoms with Crippen LogP contribution in [-0.4, -0.2) is 61.0 Å². The van der Waals surface area contributed by atoms with E-state index in [2.05, 4.69) is 0 Å². The number of carboxylic acids is 1. The number of halogens is 3. The SMILES string of the molecule is O=C(O)CCCCCN1C(=O)[C@H]2[C@H](CC=C3[C@H]2C[C@@]2(Cl)C(=O)N(c4ccc(F)cc4)C(=O)[C@@]2(Cl)[C@H]3c2ccc3ccccc3c2O)C1=O. The van der Waals surface area contributed by atoms with Gasteiger partial charge in [0.2, 0.25) is 11.8 Å². The molecule has 2 N–H and O–H groups in total. The molecule has 0 unspecified atom stereocenters. The fourth-order valence-electron chi connectivity index (χ4n) is 8.26. The first-order valence-corrected chi connectivity index (χ1v) is 16.7. The molecule has 2 aliphatic heterocycles. The van der Waals surface area contributed by atoms with Crippen LogP contribution in [0.1, 0.15) is 50.0 Å². The van der Waals surface area contributed by atoms with Gasteiger partial charge in [0, 0.05) is 29.8 Å². The molecule has 0 spiro atoms. The van der Waals surface area contributed by atoms with Crippen LogP contribution >= 0.6 is 23.2 Å². The molecular formula is C36H31Cl2FN2O7. The predicted molar refractivity (Wildman–Crippen MR) is 175 cm³/mol. The molecule has 4 amide bonds. The lowest BCUT2D eigenvalue weighted by Crippen LogP contribution is -2.60. The fraction of sp³-hybridized carbons (Fsp3) is 0.361. The maximum atomic E-state index is 14.5. The average Bonchev–Trinajstić information content (AvgIpc) is 3.39. The molecule has 0 radical (unpaired) electrons. The standard InChI is InChI=1S/C36H31Cl2FN2O7/c37-35-18-26-23(15-16-24-28(26)32(46)40(31(24)45)17-5-1-2-8-27(42)43)29(25-14-9-19-6-3-4-7-22(19)30(25)44)36(35,38)34(48)41(33(35)47)21-12-10-20(39)11-13-21/h3-4,6-7,9-15,24,26,28-29,44H,1-2,5,8,16-18H2,(H,42,43)/t24-,26+,28-,29+,35+,36-/m0/s1. The maximum absolute atomic E-state index is 14.5. The van der Waals surface area contributed by atoms with Gasteiger partial charge in [0.1, 0.15) is 11.6 Å². The quantitative estimate of drug-likeness (QED) is 0.130. The first-order valence-electron chi connectivity index (χ1n) is 15.9. The molecule has 0 aromatic heterocycles. The van der Waals surface area contributed by atoms with Crippen LogP contribution in [0, 0.1) is 23.6 Å². The second-order valence-electron chi connectivity index (χ2n) is 13.0. The van der Waals surface area contributed by atoms with Crippen LogP contribution in [0.15, 0.2) is 72.3 Å². The van der Waals surface area contributed by atoms with E-state index in [1.807, 2.05) is 12.1 Å². The van der Waals surface area contributed by atoms with Crippen LogP contribution in [0.5, 0.6) is 5.75 Å². The van der Waals surface area contributed by atoms with E-state index in [-0.39, 0.29) is 48.7 Å². The number of unbranched alkanes of at least 4 members (excludes halogenated alkanes) is 2. The molecule has 2 heterocycles. The summed E-state index contributed by atoms with van der Waals surface area (Å²) < 4.78 is 13.9. The number of carbonyl (C=O) groups excluding carboxylic acids is 4. The van der Waals surface area contributed by atoms with Gasteiger partial charge in [-0.2, -0.15) is 0 Å². The third-order valence-electron chi connectivity index (χ3n) is 10.5. The number of anilines is 1. The van der Waals surface area contributed by atoms with Crippen LogP contribution < -0.4 is 4.90 Å². The summed E-state index contributed by atoms with van der Waals surface area (Å²) in [6.07, 6.45) is 3.10. The van der Waals surface area contributed by atoms with E-state index in [1.165, 1.54) is 17.0 Å². The molecule has 2 saturated heterocycles. The first kappa shape index (κ1) is 32.3. The van der Waals surface area contributed by atoms with E-state index in [1.54, 1.807) is 30.3 Å². The van der Waals surface area contributed by atoms with Crippen molar-refractivity contribution in [3.05, 3.63) is 83.7 Å². The normalized spacial score (nSPS) is 29.6. The van der Waals surface area contributed by atoms with Crippen LogP contribution in [0.2, 0.25) is 0 Å². The number of allylic oxidation sites excluding steroid dienone is 2. The molecule has 9 nitrogen and oxygen atoms in total. The van der Waals surface area contributed by atoms with Gasteiger partial charge in [-0.15, -0.1) is 23.2 Å². The second-order valence-corrected chi connectivity index (χ2v) is 14.2. The number of aromatic hydroxyl groups is 1. The molecular weight excluding hydrogens is 662 g/mol. The van der Waals surface area contributed by atoms with Crippen molar-refractivity contribution >= 4 is 69.3 Å². The van der Waals surface area contributed by atoms with Crippen molar-refractivity contribution in [2.45, 2.75) is 54.2 Å². The Morgan fingerprint density at radius 3 is 2.35 bits per heavy atom. The Hall–Kier alpha value is -4.28. The fourth-order valence-corrected chi connectivity index (χ4v) is 9.18. The Morgan fingerprint density at radius 1 is 0.896 bits per heavy atom.